The molecule has 1 atom stereocenters. The molecule has 0 fully saturated rings. The SMILES string of the molecule is CC(C)c1ccc([C@H](C)N=C=O)cc1. The second-order valence-corrected chi connectivity index (χ2v) is 3.72. The Morgan fingerprint density at radius 1 is 1.07 bits per heavy atom. The monoisotopic (exact) mass is 189 g/mol. The van der Waals surface area contributed by atoms with E-state index in [9.17, 15) is 4.79 Å². The van der Waals surface area contributed by atoms with Crippen LogP contribution in [0.25, 0.3) is 0 Å². The molecule has 14 heavy (non-hydrogen) atoms. The molecule has 0 bridgehead atoms. The van der Waals surface area contributed by atoms with Crippen molar-refractivity contribution >= 4 is 6.08 Å². The quantitative estimate of drug-likeness (QED) is 0.530. The van der Waals surface area contributed by atoms with Gasteiger partial charge in [-0.1, -0.05) is 38.1 Å². The Hall–Kier alpha value is -1.40. The summed E-state index contributed by atoms with van der Waals surface area (Å²) in [7, 11) is 0. The summed E-state index contributed by atoms with van der Waals surface area (Å²) >= 11 is 0. The number of hydrogen-bond donors (Lipinski definition) is 0. The predicted octanol–water partition coefficient (Wildman–Crippen LogP) is 3.21. The normalized spacial score (nSPS) is 12.3. The van der Waals surface area contributed by atoms with Crippen molar-refractivity contribution in [3.05, 3.63) is 35.4 Å². The lowest BCUT2D eigenvalue weighted by molar-refractivity contribution is 0.559. The van der Waals surface area contributed by atoms with Gasteiger partial charge >= 0.3 is 0 Å². The van der Waals surface area contributed by atoms with Crippen molar-refractivity contribution in [2.45, 2.75) is 32.7 Å². The number of carbonyl (C=O) groups excluding carboxylic acids is 1. The van der Waals surface area contributed by atoms with E-state index in [1.165, 1.54) is 5.56 Å². The molecule has 0 radical (unpaired) electrons. The highest BCUT2D eigenvalue weighted by atomic mass is 16.1. The predicted molar refractivity (Wildman–Crippen MR) is 57.1 cm³/mol. The lowest BCUT2D eigenvalue weighted by Gasteiger charge is -2.08. The van der Waals surface area contributed by atoms with Crippen LogP contribution in [0.5, 0.6) is 0 Å². The van der Waals surface area contributed by atoms with Gasteiger partial charge in [-0.05, 0) is 24.0 Å². The molecule has 0 saturated carbocycles. The third-order valence-corrected chi connectivity index (χ3v) is 2.33. The van der Waals surface area contributed by atoms with E-state index in [1.54, 1.807) is 6.08 Å². The van der Waals surface area contributed by atoms with Crippen LogP contribution >= 0.6 is 0 Å². The van der Waals surface area contributed by atoms with Crippen LogP contribution in [0, 0.1) is 0 Å². The van der Waals surface area contributed by atoms with Crippen molar-refractivity contribution in [3.8, 4) is 0 Å². The molecule has 74 valence electrons. The van der Waals surface area contributed by atoms with Crippen molar-refractivity contribution in [1.82, 2.24) is 0 Å². The summed E-state index contributed by atoms with van der Waals surface area (Å²) in [5.41, 5.74) is 2.36. The Morgan fingerprint density at radius 2 is 1.57 bits per heavy atom. The van der Waals surface area contributed by atoms with Crippen molar-refractivity contribution in [1.29, 1.82) is 0 Å². The molecule has 0 aliphatic heterocycles. The van der Waals surface area contributed by atoms with Crippen LogP contribution in [0.3, 0.4) is 0 Å². The number of rotatable bonds is 3. The van der Waals surface area contributed by atoms with Crippen LogP contribution in [0.2, 0.25) is 0 Å². The Kier molecular flexibility index (Phi) is 3.61. The first-order chi connectivity index (χ1) is 6.65. The maximum absolute atomic E-state index is 10.1. The van der Waals surface area contributed by atoms with Gasteiger partial charge in [-0.3, -0.25) is 0 Å². The Bertz CT molecular complexity index is 334. The lowest BCUT2D eigenvalue weighted by Crippen LogP contribution is -1.91. The van der Waals surface area contributed by atoms with Gasteiger partial charge in [0.1, 0.15) is 0 Å². The van der Waals surface area contributed by atoms with E-state index in [0.717, 1.165) is 5.56 Å². The highest BCUT2D eigenvalue weighted by Crippen LogP contribution is 2.20. The van der Waals surface area contributed by atoms with Gasteiger partial charge in [0, 0.05) is 0 Å². The van der Waals surface area contributed by atoms with E-state index < -0.39 is 0 Å². The lowest BCUT2D eigenvalue weighted by atomic mass is 10.00. The molecule has 0 unspecified atom stereocenters. The molecule has 0 N–H and O–H groups in total. The molecular formula is C12H15NO. The molecule has 0 aromatic heterocycles. The van der Waals surface area contributed by atoms with Gasteiger partial charge in [0.2, 0.25) is 6.08 Å². The minimum atomic E-state index is -0.0892. The second kappa shape index (κ2) is 4.73. The number of aliphatic imine (C=N–C) groups is 1. The molecule has 1 aromatic carbocycles. The molecule has 0 heterocycles. The maximum atomic E-state index is 10.1. The third-order valence-electron chi connectivity index (χ3n) is 2.33. The molecule has 0 spiro atoms. The largest absolute Gasteiger partial charge is 0.235 e. The highest BCUT2D eigenvalue weighted by Gasteiger charge is 2.03. The van der Waals surface area contributed by atoms with Gasteiger partial charge < -0.3 is 0 Å². The molecule has 2 nitrogen and oxygen atoms in total. The van der Waals surface area contributed by atoms with Gasteiger partial charge in [-0.2, -0.15) is 4.99 Å². The number of benzene rings is 1. The minimum Gasteiger partial charge on any atom is -0.211 e. The van der Waals surface area contributed by atoms with Crippen molar-refractivity contribution in [3.63, 3.8) is 0 Å². The number of isocyanates is 1. The summed E-state index contributed by atoms with van der Waals surface area (Å²) in [6, 6.07) is 8.10. The second-order valence-electron chi connectivity index (χ2n) is 3.72. The summed E-state index contributed by atoms with van der Waals surface area (Å²) in [4.78, 5) is 13.7. The number of hydrogen-bond acceptors (Lipinski definition) is 2. The van der Waals surface area contributed by atoms with Crippen LogP contribution in [-0.2, 0) is 4.79 Å². The first kappa shape index (κ1) is 10.7. The zero-order chi connectivity index (χ0) is 10.6. The molecule has 2 heteroatoms. The number of nitrogens with zero attached hydrogens (tertiary/aromatic N) is 1. The van der Waals surface area contributed by atoms with Crippen molar-refractivity contribution in [2.75, 3.05) is 0 Å². The van der Waals surface area contributed by atoms with Gasteiger partial charge in [0.05, 0.1) is 6.04 Å². The smallest absolute Gasteiger partial charge is 0.211 e. The summed E-state index contributed by atoms with van der Waals surface area (Å²) < 4.78 is 0. The Labute approximate surface area is 84.7 Å². The first-order valence-corrected chi connectivity index (χ1v) is 4.82. The molecule has 1 aromatic rings. The van der Waals surface area contributed by atoms with E-state index in [1.807, 2.05) is 19.1 Å². The maximum Gasteiger partial charge on any atom is 0.235 e. The van der Waals surface area contributed by atoms with E-state index in [2.05, 4.69) is 31.0 Å². The molecule has 0 saturated heterocycles. The zero-order valence-electron chi connectivity index (χ0n) is 8.82. The van der Waals surface area contributed by atoms with E-state index in [-0.39, 0.29) is 6.04 Å². The summed E-state index contributed by atoms with van der Waals surface area (Å²) in [6.07, 6.45) is 1.58. The van der Waals surface area contributed by atoms with E-state index >= 15 is 0 Å². The van der Waals surface area contributed by atoms with Crippen molar-refractivity contribution < 1.29 is 4.79 Å². The fourth-order valence-corrected chi connectivity index (χ4v) is 1.31. The molecule has 1 rings (SSSR count). The van der Waals surface area contributed by atoms with Crippen LogP contribution in [0.15, 0.2) is 29.3 Å². The van der Waals surface area contributed by atoms with Crippen molar-refractivity contribution in [2.24, 2.45) is 4.99 Å². The molecule has 0 amide bonds. The third kappa shape index (κ3) is 2.54. The Balaban J connectivity index is 2.87. The molecule has 0 aliphatic rings. The van der Waals surface area contributed by atoms with Gasteiger partial charge in [0.25, 0.3) is 0 Å². The average Bonchev–Trinajstić information content (AvgIpc) is 2.18. The molecular weight excluding hydrogens is 174 g/mol. The summed E-state index contributed by atoms with van der Waals surface area (Å²) in [5, 5.41) is 0. The van der Waals surface area contributed by atoms with Crippen LogP contribution in [-0.4, -0.2) is 6.08 Å². The van der Waals surface area contributed by atoms with Crippen LogP contribution in [0.4, 0.5) is 0 Å². The van der Waals surface area contributed by atoms with Gasteiger partial charge in [-0.25, -0.2) is 4.79 Å². The summed E-state index contributed by atoms with van der Waals surface area (Å²) in [5.74, 6) is 0.536. The van der Waals surface area contributed by atoms with E-state index in [4.69, 9.17) is 0 Å². The standard InChI is InChI=1S/C12H15NO/c1-9(2)11-4-6-12(7-5-11)10(3)13-8-14/h4-7,9-10H,1-3H3/t10-/m0/s1. The zero-order valence-corrected chi connectivity index (χ0v) is 8.82. The fourth-order valence-electron chi connectivity index (χ4n) is 1.31. The average molecular weight is 189 g/mol. The molecule has 0 aliphatic carbocycles. The summed E-state index contributed by atoms with van der Waals surface area (Å²) in [6.45, 7) is 6.19. The van der Waals surface area contributed by atoms with E-state index in [0.29, 0.717) is 5.92 Å². The first-order valence-electron chi connectivity index (χ1n) is 4.82. The van der Waals surface area contributed by atoms with Crippen LogP contribution < -0.4 is 0 Å². The fraction of sp³-hybridized carbons (Fsp3) is 0.417. The highest BCUT2D eigenvalue weighted by molar-refractivity contribution is 5.36. The minimum absolute atomic E-state index is 0.0892. The van der Waals surface area contributed by atoms with Crippen LogP contribution in [0.1, 0.15) is 43.9 Å². The Morgan fingerprint density at radius 3 is 2.00 bits per heavy atom. The van der Waals surface area contributed by atoms with Gasteiger partial charge in [0.15, 0.2) is 0 Å². The topological polar surface area (TPSA) is 29.4 Å². The van der Waals surface area contributed by atoms with Gasteiger partial charge in [-0.15, -0.1) is 0 Å².